The molecule has 0 atom stereocenters. The number of amides is 2. The predicted octanol–water partition coefficient (Wildman–Crippen LogP) is 1.30. The molecule has 3 rings (SSSR count). The smallest absolute Gasteiger partial charge is 0.276 e. The van der Waals surface area contributed by atoms with E-state index in [1.165, 1.54) is 0 Å². The molecule has 32 heavy (non-hydrogen) atoms. The third-order valence-corrected chi connectivity index (χ3v) is 6.71. The molecule has 2 aromatic rings. The number of nitrogens with one attached hydrogen (secondary N) is 2. The van der Waals surface area contributed by atoms with Gasteiger partial charge in [0.15, 0.2) is 6.61 Å². The van der Waals surface area contributed by atoms with Crippen LogP contribution in [-0.2, 0) is 19.6 Å². The van der Waals surface area contributed by atoms with E-state index in [4.69, 9.17) is 9.47 Å². The number of benzene rings is 2. The van der Waals surface area contributed by atoms with Crippen LogP contribution in [0.2, 0.25) is 0 Å². The van der Waals surface area contributed by atoms with Gasteiger partial charge < -0.3 is 9.47 Å². The molecule has 11 heteroatoms. The van der Waals surface area contributed by atoms with E-state index in [9.17, 15) is 22.4 Å². The van der Waals surface area contributed by atoms with Crippen LogP contribution in [0.3, 0.4) is 0 Å². The standard InChI is InChI=1S/C21H24FN3O6S/c1-14-3-4-15(2)18(11-14)31-13-20(26)23-24-21(27)16-5-6-17(22)19(12-16)32(28,29)25-7-9-30-10-8-25/h3-6,11-12H,7-10,13H2,1-2H3,(H,23,26)(H,24,27). The number of morpholine rings is 1. The van der Waals surface area contributed by atoms with Crippen molar-refractivity contribution in [2.24, 2.45) is 0 Å². The van der Waals surface area contributed by atoms with Crippen LogP contribution in [0.25, 0.3) is 0 Å². The molecule has 0 unspecified atom stereocenters. The largest absolute Gasteiger partial charge is 0.483 e. The third-order valence-electron chi connectivity index (χ3n) is 4.80. The van der Waals surface area contributed by atoms with Gasteiger partial charge in [-0.1, -0.05) is 12.1 Å². The molecule has 0 aromatic heterocycles. The SMILES string of the molecule is Cc1ccc(C)c(OCC(=O)NNC(=O)c2ccc(F)c(S(=O)(=O)N3CCOCC3)c2)c1. The molecular formula is C21H24FN3O6S. The van der Waals surface area contributed by atoms with Gasteiger partial charge in [0, 0.05) is 18.7 Å². The molecule has 1 heterocycles. The van der Waals surface area contributed by atoms with E-state index in [2.05, 4.69) is 10.9 Å². The summed E-state index contributed by atoms with van der Waals surface area (Å²) in [7, 11) is -4.14. The summed E-state index contributed by atoms with van der Waals surface area (Å²) in [6, 6.07) is 8.53. The fraction of sp³-hybridized carbons (Fsp3) is 0.333. The maximum Gasteiger partial charge on any atom is 0.276 e. The highest BCUT2D eigenvalue weighted by Gasteiger charge is 2.29. The summed E-state index contributed by atoms with van der Waals surface area (Å²) < 4.78 is 51.4. The Bertz CT molecular complexity index is 1120. The number of sulfonamides is 1. The Morgan fingerprint density at radius 2 is 1.81 bits per heavy atom. The van der Waals surface area contributed by atoms with E-state index in [1.807, 2.05) is 26.0 Å². The van der Waals surface area contributed by atoms with Crippen LogP contribution in [0.5, 0.6) is 5.75 Å². The highest BCUT2D eigenvalue weighted by molar-refractivity contribution is 7.89. The molecular weight excluding hydrogens is 441 g/mol. The first-order valence-corrected chi connectivity index (χ1v) is 11.3. The number of hydrogen-bond acceptors (Lipinski definition) is 6. The van der Waals surface area contributed by atoms with Crippen molar-refractivity contribution in [2.75, 3.05) is 32.9 Å². The lowest BCUT2D eigenvalue weighted by Crippen LogP contribution is -2.44. The predicted molar refractivity (Wildman–Crippen MR) is 113 cm³/mol. The second-order valence-corrected chi connectivity index (χ2v) is 9.13. The number of carbonyl (C=O) groups is 2. The lowest BCUT2D eigenvalue weighted by atomic mass is 10.1. The molecule has 0 saturated carbocycles. The molecule has 1 aliphatic heterocycles. The minimum Gasteiger partial charge on any atom is -0.483 e. The minimum absolute atomic E-state index is 0.0919. The molecule has 1 saturated heterocycles. The van der Waals surface area contributed by atoms with Crippen LogP contribution in [0.4, 0.5) is 4.39 Å². The number of hydrazine groups is 1. The first-order chi connectivity index (χ1) is 15.2. The molecule has 172 valence electrons. The Morgan fingerprint density at radius 3 is 2.53 bits per heavy atom. The van der Waals surface area contributed by atoms with Gasteiger partial charge in [0.05, 0.1) is 13.2 Å². The fourth-order valence-corrected chi connectivity index (χ4v) is 4.51. The van der Waals surface area contributed by atoms with Crippen LogP contribution < -0.4 is 15.6 Å². The summed E-state index contributed by atoms with van der Waals surface area (Å²) >= 11 is 0. The maximum atomic E-state index is 14.3. The number of carbonyl (C=O) groups excluding carboxylic acids is 2. The Labute approximate surface area is 185 Å². The van der Waals surface area contributed by atoms with Gasteiger partial charge in [0.2, 0.25) is 10.0 Å². The van der Waals surface area contributed by atoms with E-state index in [0.717, 1.165) is 33.6 Å². The normalized spacial score (nSPS) is 14.6. The topological polar surface area (TPSA) is 114 Å². The van der Waals surface area contributed by atoms with Gasteiger partial charge in [0.25, 0.3) is 11.8 Å². The average molecular weight is 466 g/mol. The summed E-state index contributed by atoms with van der Waals surface area (Å²) in [5.74, 6) is -1.85. The zero-order chi connectivity index (χ0) is 23.3. The lowest BCUT2D eigenvalue weighted by Gasteiger charge is -2.26. The second kappa shape index (κ2) is 10.1. The zero-order valence-electron chi connectivity index (χ0n) is 17.7. The highest BCUT2D eigenvalue weighted by atomic mass is 32.2. The van der Waals surface area contributed by atoms with Gasteiger partial charge in [0.1, 0.15) is 16.5 Å². The minimum atomic E-state index is -4.14. The van der Waals surface area contributed by atoms with E-state index in [1.54, 1.807) is 6.07 Å². The summed E-state index contributed by atoms with van der Waals surface area (Å²) in [6.45, 7) is 3.98. The Hall–Kier alpha value is -3.02. The van der Waals surface area contributed by atoms with Crippen molar-refractivity contribution >= 4 is 21.8 Å². The van der Waals surface area contributed by atoms with E-state index in [-0.39, 0.29) is 38.5 Å². The van der Waals surface area contributed by atoms with Gasteiger partial charge in [-0.25, -0.2) is 12.8 Å². The van der Waals surface area contributed by atoms with Crippen LogP contribution in [0, 0.1) is 19.7 Å². The lowest BCUT2D eigenvalue weighted by molar-refractivity contribution is -0.123. The highest BCUT2D eigenvalue weighted by Crippen LogP contribution is 2.22. The molecule has 1 fully saturated rings. The number of aryl methyl sites for hydroxylation is 2. The molecule has 2 amide bonds. The quantitative estimate of drug-likeness (QED) is 0.622. The second-order valence-electron chi connectivity index (χ2n) is 7.22. The monoisotopic (exact) mass is 465 g/mol. The molecule has 1 aliphatic rings. The third kappa shape index (κ3) is 5.61. The van der Waals surface area contributed by atoms with Gasteiger partial charge in [-0.15, -0.1) is 0 Å². The Balaban J connectivity index is 1.62. The van der Waals surface area contributed by atoms with E-state index < -0.39 is 32.6 Å². The number of ether oxygens (including phenoxy) is 2. The summed E-state index contributed by atoms with van der Waals surface area (Å²) in [5, 5.41) is 0. The number of hydrogen-bond donors (Lipinski definition) is 2. The first kappa shape index (κ1) is 23.6. The van der Waals surface area contributed by atoms with Crippen molar-refractivity contribution in [3.63, 3.8) is 0 Å². The molecule has 0 spiro atoms. The van der Waals surface area contributed by atoms with Crippen LogP contribution in [0.15, 0.2) is 41.3 Å². The molecule has 9 nitrogen and oxygen atoms in total. The molecule has 2 aromatic carbocycles. The van der Waals surface area contributed by atoms with Crippen LogP contribution >= 0.6 is 0 Å². The molecule has 2 N–H and O–H groups in total. The van der Waals surface area contributed by atoms with E-state index >= 15 is 0 Å². The van der Waals surface area contributed by atoms with Gasteiger partial charge in [-0.05, 0) is 49.2 Å². The molecule has 0 aliphatic carbocycles. The first-order valence-electron chi connectivity index (χ1n) is 9.85. The maximum absolute atomic E-state index is 14.3. The van der Waals surface area contributed by atoms with Crippen molar-refractivity contribution < 1.29 is 31.9 Å². The summed E-state index contributed by atoms with van der Waals surface area (Å²) in [5.41, 5.74) is 6.05. The number of halogens is 1. The van der Waals surface area contributed by atoms with Crippen molar-refractivity contribution in [1.29, 1.82) is 0 Å². The summed E-state index contributed by atoms with van der Waals surface area (Å²) in [6.07, 6.45) is 0. The average Bonchev–Trinajstić information content (AvgIpc) is 2.78. The van der Waals surface area contributed by atoms with Crippen LogP contribution in [-0.4, -0.2) is 57.4 Å². The van der Waals surface area contributed by atoms with Crippen molar-refractivity contribution in [3.8, 4) is 5.75 Å². The van der Waals surface area contributed by atoms with Gasteiger partial charge >= 0.3 is 0 Å². The number of nitrogens with zero attached hydrogens (tertiary/aromatic N) is 1. The van der Waals surface area contributed by atoms with Gasteiger partial charge in [-0.2, -0.15) is 4.31 Å². The zero-order valence-corrected chi connectivity index (χ0v) is 18.5. The fourth-order valence-electron chi connectivity index (χ4n) is 3.01. The van der Waals surface area contributed by atoms with Crippen molar-refractivity contribution in [1.82, 2.24) is 15.2 Å². The van der Waals surface area contributed by atoms with Crippen molar-refractivity contribution in [3.05, 3.63) is 58.9 Å². The van der Waals surface area contributed by atoms with Gasteiger partial charge in [-0.3, -0.25) is 20.4 Å². The van der Waals surface area contributed by atoms with Crippen molar-refractivity contribution in [2.45, 2.75) is 18.7 Å². The summed E-state index contributed by atoms with van der Waals surface area (Å²) in [4.78, 5) is 23.8. The molecule has 0 radical (unpaired) electrons. The van der Waals surface area contributed by atoms with Crippen LogP contribution in [0.1, 0.15) is 21.5 Å². The Morgan fingerprint density at radius 1 is 1.09 bits per heavy atom. The Kier molecular flexibility index (Phi) is 7.44. The van der Waals surface area contributed by atoms with E-state index in [0.29, 0.717) is 5.75 Å². The molecule has 0 bridgehead atoms. The number of rotatable bonds is 6.